The molecule has 18 heavy (non-hydrogen) atoms. The second kappa shape index (κ2) is 5.47. The summed E-state index contributed by atoms with van der Waals surface area (Å²) in [7, 11) is 0. The number of likely N-dealkylation sites (tertiary alicyclic amines) is 1. The van der Waals surface area contributed by atoms with Crippen molar-refractivity contribution >= 4 is 6.03 Å². The molecule has 2 aliphatic carbocycles. The van der Waals surface area contributed by atoms with Gasteiger partial charge in [0.15, 0.2) is 0 Å². The zero-order valence-corrected chi connectivity index (χ0v) is 11.1. The van der Waals surface area contributed by atoms with Gasteiger partial charge in [0.25, 0.3) is 0 Å². The number of hydrogen-bond acceptors (Lipinski definition) is 2. The van der Waals surface area contributed by atoms with Gasteiger partial charge in [-0.15, -0.1) is 0 Å². The number of nitrogens with one attached hydrogen (secondary N) is 1. The molecule has 1 aliphatic heterocycles. The summed E-state index contributed by atoms with van der Waals surface area (Å²) >= 11 is 0. The molecule has 1 unspecified atom stereocenters. The molecule has 1 heterocycles. The van der Waals surface area contributed by atoms with Gasteiger partial charge in [-0.3, -0.25) is 0 Å². The summed E-state index contributed by atoms with van der Waals surface area (Å²) < 4.78 is 5.86. The topological polar surface area (TPSA) is 41.6 Å². The summed E-state index contributed by atoms with van der Waals surface area (Å²) in [6.45, 7) is 2.54. The van der Waals surface area contributed by atoms with Crippen molar-refractivity contribution in [3.05, 3.63) is 0 Å². The first kappa shape index (κ1) is 12.3. The lowest BCUT2D eigenvalue weighted by Crippen LogP contribution is -2.43. The monoisotopic (exact) mass is 252 g/mol. The predicted octanol–water partition coefficient (Wildman–Crippen LogP) is 2.14. The van der Waals surface area contributed by atoms with E-state index in [0.29, 0.717) is 6.04 Å². The Morgan fingerprint density at radius 2 is 1.94 bits per heavy atom. The summed E-state index contributed by atoms with van der Waals surface area (Å²) in [5.41, 5.74) is 0. The summed E-state index contributed by atoms with van der Waals surface area (Å²) in [5.74, 6) is 0.811. The Kier molecular flexibility index (Phi) is 3.73. The molecule has 2 amide bonds. The molecule has 1 N–H and O–H groups in total. The molecular weight excluding hydrogens is 228 g/mol. The molecule has 0 spiro atoms. The highest BCUT2D eigenvalue weighted by Crippen LogP contribution is 2.30. The fourth-order valence-electron chi connectivity index (χ4n) is 2.94. The molecule has 4 nitrogen and oxygen atoms in total. The second-order valence-electron chi connectivity index (χ2n) is 6.06. The molecule has 1 atom stereocenters. The highest BCUT2D eigenvalue weighted by Gasteiger charge is 2.30. The first-order valence-electron chi connectivity index (χ1n) is 7.48. The van der Waals surface area contributed by atoms with Crippen LogP contribution >= 0.6 is 0 Å². The van der Waals surface area contributed by atoms with Crippen LogP contribution in [0.15, 0.2) is 0 Å². The molecule has 0 bridgehead atoms. The smallest absolute Gasteiger partial charge is 0.317 e. The van der Waals surface area contributed by atoms with Crippen LogP contribution in [0.5, 0.6) is 0 Å². The van der Waals surface area contributed by atoms with Gasteiger partial charge in [0.1, 0.15) is 0 Å². The third-order valence-corrected chi connectivity index (χ3v) is 4.38. The van der Waals surface area contributed by atoms with Crippen LogP contribution in [0.3, 0.4) is 0 Å². The molecule has 3 fully saturated rings. The van der Waals surface area contributed by atoms with Crippen molar-refractivity contribution in [1.82, 2.24) is 10.2 Å². The van der Waals surface area contributed by atoms with Crippen molar-refractivity contribution < 1.29 is 9.53 Å². The summed E-state index contributed by atoms with van der Waals surface area (Å²) in [4.78, 5) is 14.0. The van der Waals surface area contributed by atoms with Crippen LogP contribution in [0.4, 0.5) is 4.79 Å². The maximum atomic E-state index is 12.1. The van der Waals surface area contributed by atoms with Crippen molar-refractivity contribution in [1.29, 1.82) is 0 Å². The van der Waals surface area contributed by atoms with Gasteiger partial charge in [-0.05, 0) is 38.0 Å². The van der Waals surface area contributed by atoms with Crippen LogP contribution in [-0.4, -0.2) is 42.8 Å². The van der Waals surface area contributed by atoms with Gasteiger partial charge in [-0.1, -0.05) is 12.8 Å². The second-order valence-corrected chi connectivity index (χ2v) is 6.06. The third kappa shape index (κ3) is 3.16. The highest BCUT2D eigenvalue weighted by atomic mass is 16.5. The molecule has 0 aromatic rings. The SMILES string of the molecule is O=C(NC1CCCC1)N1CCC(OCC2CC2)C1. The molecular formula is C14H24N2O2. The normalized spacial score (nSPS) is 28.9. The van der Waals surface area contributed by atoms with Crippen LogP contribution in [0.2, 0.25) is 0 Å². The molecule has 4 heteroatoms. The zero-order chi connectivity index (χ0) is 12.4. The van der Waals surface area contributed by atoms with Gasteiger partial charge < -0.3 is 15.0 Å². The average Bonchev–Trinajstić information content (AvgIpc) is 2.88. The van der Waals surface area contributed by atoms with Gasteiger partial charge in [-0.2, -0.15) is 0 Å². The van der Waals surface area contributed by atoms with Crippen molar-refractivity contribution in [2.45, 2.75) is 57.1 Å². The van der Waals surface area contributed by atoms with E-state index in [-0.39, 0.29) is 12.1 Å². The summed E-state index contributed by atoms with van der Waals surface area (Å²) in [5, 5.41) is 3.15. The van der Waals surface area contributed by atoms with Crippen LogP contribution in [0, 0.1) is 5.92 Å². The number of nitrogens with zero attached hydrogens (tertiary/aromatic N) is 1. The molecule has 102 valence electrons. The number of carbonyl (C=O) groups excluding carboxylic acids is 1. The van der Waals surface area contributed by atoms with Crippen LogP contribution < -0.4 is 5.32 Å². The first-order chi connectivity index (χ1) is 8.81. The van der Waals surface area contributed by atoms with Gasteiger partial charge in [-0.25, -0.2) is 4.79 Å². The van der Waals surface area contributed by atoms with E-state index in [1.165, 1.54) is 25.7 Å². The van der Waals surface area contributed by atoms with Crippen molar-refractivity contribution in [3.63, 3.8) is 0 Å². The predicted molar refractivity (Wildman–Crippen MR) is 69.4 cm³/mol. The number of rotatable bonds is 4. The van der Waals surface area contributed by atoms with Crippen LogP contribution in [0.25, 0.3) is 0 Å². The number of hydrogen-bond donors (Lipinski definition) is 1. The molecule has 0 radical (unpaired) electrons. The lowest BCUT2D eigenvalue weighted by atomic mass is 10.2. The van der Waals surface area contributed by atoms with E-state index in [1.807, 2.05) is 4.90 Å². The van der Waals surface area contributed by atoms with Crippen LogP contribution in [0.1, 0.15) is 44.9 Å². The number of ether oxygens (including phenoxy) is 1. The number of urea groups is 1. The average molecular weight is 252 g/mol. The van der Waals surface area contributed by atoms with Gasteiger partial charge in [0.2, 0.25) is 0 Å². The van der Waals surface area contributed by atoms with E-state index in [4.69, 9.17) is 4.74 Å². The van der Waals surface area contributed by atoms with E-state index >= 15 is 0 Å². The van der Waals surface area contributed by atoms with Gasteiger partial charge in [0, 0.05) is 25.7 Å². The van der Waals surface area contributed by atoms with Crippen molar-refractivity contribution in [3.8, 4) is 0 Å². The summed E-state index contributed by atoms with van der Waals surface area (Å²) in [6, 6.07) is 0.545. The maximum Gasteiger partial charge on any atom is 0.317 e. The van der Waals surface area contributed by atoms with Crippen molar-refractivity contribution in [2.24, 2.45) is 5.92 Å². The Morgan fingerprint density at radius 1 is 1.17 bits per heavy atom. The fourth-order valence-corrected chi connectivity index (χ4v) is 2.94. The number of amides is 2. The van der Waals surface area contributed by atoms with Crippen molar-refractivity contribution in [2.75, 3.05) is 19.7 Å². The molecule has 3 aliphatic rings. The Morgan fingerprint density at radius 3 is 2.67 bits per heavy atom. The molecule has 0 aromatic carbocycles. The van der Waals surface area contributed by atoms with E-state index in [0.717, 1.165) is 44.9 Å². The summed E-state index contributed by atoms with van der Waals surface area (Å²) in [6.07, 6.45) is 8.78. The standard InChI is InChI=1S/C14H24N2O2/c17-14(15-12-3-1-2-4-12)16-8-7-13(9-16)18-10-11-5-6-11/h11-13H,1-10H2,(H,15,17). The maximum absolute atomic E-state index is 12.1. The molecule has 2 saturated carbocycles. The zero-order valence-electron chi connectivity index (χ0n) is 11.1. The van der Waals surface area contributed by atoms with E-state index in [1.54, 1.807) is 0 Å². The van der Waals surface area contributed by atoms with E-state index < -0.39 is 0 Å². The Balaban J connectivity index is 1.38. The van der Waals surface area contributed by atoms with E-state index in [9.17, 15) is 4.79 Å². The minimum Gasteiger partial charge on any atom is -0.376 e. The number of carbonyl (C=O) groups is 1. The Hall–Kier alpha value is -0.770. The lowest BCUT2D eigenvalue weighted by Gasteiger charge is -2.20. The van der Waals surface area contributed by atoms with Crippen LogP contribution in [-0.2, 0) is 4.74 Å². The fraction of sp³-hybridized carbons (Fsp3) is 0.929. The minimum absolute atomic E-state index is 0.124. The third-order valence-electron chi connectivity index (χ3n) is 4.38. The van der Waals surface area contributed by atoms with E-state index in [2.05, 4.69) is 5.32 Å². The molecule has 0 aromatic heterocycles. The largest absolute Gasteiger partial charge is 0.376 e. The molecule has 1 saturated heterocycles. The minimum atomic E-state index is 0.124. The van der Waals surface area contributed by atoms with Gasteiger partial charge in [0.05, 0.1) is 6.10 Å². The molecule has 3 rings (SSSR count). The first-order valence-corrected chi connectivity index (χ1v) is 7.48. The highest BCUT2D eigenvalue weighted by molar-refractivity contribution is 5.74. The Bertz CT molecular complexity index is 298. The van der Waals surface area contributed by atoms with Gasteiger partial charge >= 0.3 is 6.03 Å². The Labute approximate surface area is 109 Å². The lowest BCUT2D eigenvalue weighted by molar-refractivity contribution is 0.0537. The quantitative estimate of drug-likeness (QED) is 0.833.